The Labute approximate surface area is 127 Å². The van der Waals surface area contributed by atoms with Gasteiger partial charge in [-0.3, -0.25) is 9.59 Å². The van der Waals surface area contributed by atoms with Crippen molar-refractivity contribution in [1.82, 2.24) is 15.4 Å². The zero-order valence-electron chi connectivity index (χ0n) is 12.2. The molecule has 7 nitrogen and oxygen atoms in total. The zero-order valence-corrected chi connectivity index (χ0v) is 12.2. The number of carbonyl (C=O) groups excluding carboxylic acids is 2. The molecule has 0 aromatic carbocycles. The minimum Gasteiger partial charge on any atom is -0.459 e. The van der Waals surface area contributed by atoms with Crippen LogP contribution in [0.4, 0.5) is 0 Å². The molecule has 0 spiro atoms. The molecule has 0 bridgehead atoms. The number of amides is 2. The van der Waals surface area contributed by atoms with Crippen molar-refractivity contribution in [2.24, 2.45) is 0 Å². The molecule has 3 heterocycles. The summed E-state index contributed by atoms with van der Waals surface area (Å²) in [6.45, 7) is 2.91. The van der Waals surface area contributed by atoms with Crippen molar-refractivity contribution in [2.75, 3.05) is 13.1 Å². The van der Waals surface area contributed by atoms with Crippen molar-refractivity contribution < 1.29 is 18.5 Å². The lowest BCUT2D eigenvalue weighted by Gasteiger charge is -2.31. The van der Waals surface area contributed by atoms with E-state index in [0.717, 1.165) is 0 Å². The summed E-state index contributed by atoms with van der Waals surface area (Å²) in [7, 11) is 0. The van der Waals surface area contributed by atoms with Crippen LogP contribution in [0.3, 0.4) is 0 Å². The SMILES string of the molecule is Cc1cc(C(=O)NC2CCN(C(=O)c3ccco3)CC2)no1. The summed E-state index contributed by atoms with van der Waals surface area (Å²) in [5.74, 6) is 0.596. The highest BCUT2D eigenvalue weighted by Crippen LogP contribution is 2.15. The van der Waals surface area contributed by atoms with Crippen LogP contribution >= 0.6 is 0 Å². The Morgan fingerprint density at radius 2 is 2.14 bits per heavy atom. The van der Waals surface area contributed by atoms with E-state index in [1.165, 1.54) is 6.26 Å². The third-order valence-corrected chi connectivity index (χ3v) is 3.71. The van der Waals surface area contributed by atoms with Gasteiger partial charge in [-0.2, -0.15) is 0 Å². The average molecular weight is 303 g/mol. The number of nitrogens with one attached hydrogen (secondary N) is 1. The molecule has 2 amide bonds. The normalized spacial score (nSPS) is 15.8. The first-order valence-electron chi connectivity index (χ1n) is 7.20. The molecule has 3 rings (SSSR count). The number of nitrogens with zero attached hydrogens (tertiary/aromatic N) is 2. The van der Waals surface area contributed by atoms with E-state index in [-0.39, 0.29) is 23.6 Å². The van der Waals surface area contributed by atoms with Crippen molar-refractivity contribution in [3.8, 4) is 0 Å². The van der Waals surface area contributed by atoms with Crippen LogP contribution in [0.1, 0.15) is 39.6 Å². The molecular formula is C15H17N3O4. The summed E-state index contributed by atoms with van der Waals surface area (Å²) in [5.41, 5.74) is 0.284. The van der Waals surface area contributed by atoms with Crippen LogP contribution in [0.2, 0.25) is 0 Å². The molecule has 0 radical (unpaired) electrons. The molecule has 7 heteroatoms. The maximum atomic E-state index is 12.1. The number of hydrogen-bond acceptors (Lipinski definition) is 5. The molecule has 1 saturated heterocycles. The lowest BCUT2D eigenvalue weighted by atomic mass is 10.0. The molecule has 1 N–H and O–H groups in total. The Morgan fingerprint density at radius 1 is 1.36 bits per heavy atom. The smallest absolute Gasteiger partial charge is 0.289 e. The zero-order chi connectivity index (χ0) is 15.5. The van der Waals surface area contributed by atoms with Gasteiger partial charge in [0.25, 0.3) is 11.8 Å². The molecule has 116 valence electrons. The monoisotopic (exact) mass is 303 g/mol. The van der Waals surface area contributed by atoms with Crippen LogP contribution in [0.25, 0.3) is 0 Å². The van der Waals surface area contributed by atoms with E-state index in [4.69, 9.17) is 8.94 Å². The molecule has 2 aromatic rings. The number of furan rings is 1. The van der Waals surface area contributed by atoms with E-state index in [1.54, 1.807) is 30.0 Å². The van der Waals surface area contributed by atoms with E-state index in [0.29, 0.717) is 37.5 Å². The first-order chi connectivity index (χ1) is 10.6. The van der Waals surface area contributed by atoms with Gasteiger partial charge in [0.2, 0.25) is 0 Å². The minimum atomic E-state index is -0.243. The highest BCUT2D eigenvalue weighted by Gasteiger charge is 2.26. The van der Waals surface area contributed by atoms with Crippen molar-refractivity contribution >= 4 is 11.8 Å². The molecule has 0 aliphatic carbocycles. The number of aryl methyl sites for hydroxylation is 1. The van der Waals surface area contributed by atoms with Crippen LogP contribution in [0.15, 0.2) is 33.4 Å². The number of rotatable bonds is 3. The predicted octanol–water partition coefficient (Wildman–Crippen LogP) is 1.61. The Kier molecular flexibility index (Phi) is 3.95. The van der Waals surface area contributed by atoms with Crippen molar-refractivity contribution in [3.05, 3.63) is 41.7 Å². The van der Waals surface area contributed by atoms with Gasteiger partial charge in [0.15, 0.2) is 11.5 Å². The molecule has 22 heavy (non-hydrogen) atoms. The van der Waals surface area contributed by atoms with Crippen molar-refractivity contribution in [3.63, 3.8) is 0 Å². The van der Waals surface area contributed by atoms with Crippen LogP contribution in [-0.4, -0.2) is 41.0 Å². The lowest BCUT2D eigenvalue weighted by Crippen LogP contribution is -2.46. The highest BCUT2D eigenvalue weighted by atomic mass is 16.5. The number of aromatic nitrogens is 1. The molecule has 0 unspecified atom stereocenters. The molecule has 1 fully saturated rings. The second-order valence-corrected chi connectivity index (χ2v) is 5.34. The fraction of sp³-hybridized carbons (Fsp3) is 0.400. The average Bonchev–Trinajstić information content (AvgIpc) is 3.18. The minimum absolute atomic E-state index is 0.0326. The molecule has 0 saturated carbocycles. The molecule has 1 aliphatic rings. The van der Waals surface area contributed by atoms with E-state index in [1.807, 2.05) is 0 Å². The number of likely N-dealkylation sites (tertiary alicyclic amines) is 1. The standard InChI is InChI=1S/C15H17N3O4/c1-10-9-12(17-22-10)14(19)16-11-4-6-18(7-5-11)15(20)13-3-2-8-21-13/h2-3,8-9,11H,4-7H2,1H3,(H,16,19). The van der Waals surface area contributed by atoms with Gasteiger partial charge >= 0.3 is 0 Å². The van der Waals surface area contributed by atoms with Crippen LogP contribution < -0.4 is 5.32 Å². The first-order valence-corrected chi connectivity index (χ1v) is 7.20. The molecule has 2 aromatic heterocycles. The van der Waals surface area contributed by atoms with E-state index in [2.05, 4.69) is 10.5 Å². The summed E-state index contributed by atoms with van der Waals surface area (Å²) < 4.78 is 10.0. The quantitative estimate of drug-likeness (QED) is 0.930. The summed E-state index contributed by atoms with van der Waals surface area (Å²) in [4.78, 5) is 25.9. The third kappa shape index (κ3) is 3.03. The summed E-state index contributed by atoms with van der Waals surface area (Å²) >= 11 is 0. The molecule has 1 aliphatic heterocycles. The van der Waals surface area contributed by atoms with Crippen molar-refractivity contribution in [2.45, 2.75) is 25.8 Å². The Balaban J connectivity index is 1.51. The predicted molar refractivity (Wildman–Crippen MR) is 76.3 cm³/mol. The van der Waals surface area contributed by atoms with E-state index < -0.39 is 0 Å². The van der Waals surface area contributed by atoms with Crippen LogP contribution in [0.5, 0.6) is 0 Å². The topological polar surface area (TPSA) is 88.6 Å². The third-order valence-electron chi connectivity index (χ3n) is 3.71. The fourth-order valence-corrected chi connectivity index (χ4v) is 2.52. The highest BCUT2D eigenvalue weighted by molar-refractivity contribution is 5.92. The Hall–Kier alpha value is -2.57. The van der Waals surface area contributed by atoms with E-state index >= 15 is 0 Å². The lowest BCUT2D eigenvalue weighted by molar-refractivity contribution is 0.0667. The summed E-state index contributed by atoms with van der Waals surface area (Å²) in [6.07, 6.45) is 2.89. The second-order valence-electron chi connectivity index (χ2n) is 5.34. The Morgan fingerprint density at radius 3 is 2.73 bits per heavy atom. The van der Waals surface area contributed by atoms with Gasteiger partial charge in [-0.25, -0.2) is 0 Å². The van der Waals surface area contributed by atoms with Crippen LogP contribution in [-0.2, 0) is 0 Å². The number of piperidine rings is 1. The maximum absolute atomic E-state index is 12.1. The summed E-state index contributed by atoms with van der Waals surface area (Å²) in [6, 6.07) is 4.99. The first kappa shape index (κ1) is 14.4. The largest absolute Gasteiger partial charge is 0.459 e. The van der Waals surface area contributed by atoms with Gasteiger partial charge in [0.05, 0.1) is 6.26 Å². The van der Waals surface area contributed by atoms with Crippen LogP contribution in [0, 0.1) is 6.92 Å². The van der Waals surface area contributed by atoms with Gasteiger partial charge in [0, 0.05) is 25.2 Å². The molecular weight excluding hydrogens is 286 g/mol. The van der Waals surface area contributed by atoms with Gasteiger partial charge in [-0.15, -0.1) is 0 Å². The number of carbonyl (C=O) groups is 2. The van der Waals surface area contributed by atoms with Gasteiger partial charge in [0.1, 0.15) is 5.76 Å². The summed E-state index contributed by atoms with van der Waals surface area (Å²) in [5, 5.41) is 6.61. The van der Waals surface area contributed by atoms with Gasteiger partial charge in [-0.05, 0) is 31.9 Å². The maximum Gasteiger partial charge on any atom is 0.289 e. The number of hydrogen-bond donors (Lipinski definition) is 1. The van der Waals surface area contributed by atoms with Gasteiger partial charge in [-0.1, -0.05) is 5.16 Å². The second kappa shape index (κ2) is 6.05. The van der Waals surface area contributed by atoms with E-state index in [9.17, 15) is 9.59 Å². The van der Waals surface area contributed by atoms with Gasteiger partial charge < -0.3 is 19.2 Å². The fourth-order valence-electron chi connectivity index (χ4n) is 2.52. The van der Waals surface area contributed by atoms with Crippen molar-refractivity contribution in [1.29, 1.82) is 0 Å². The molecule has 0 atom stereocenters. The Bertz CT molecular complexity index is 654.